The van der Waals surface area contributed by atoms with Crippen molar-refractivity contribution in [1.29, 1.82) is 0 Å². The average Bonchev–Trinajstić information content (AvgIpc) is 3.09. The van der Waals surface area contributed by atoms with E-state index in [0.29, 0.717) is 12.0 Å². The fraction of sp³-hybridized carbons (Fsp3) is 0.800. The second kappa shape index (κ2) is 6.06. The molecular formula is C15H26N4. The van der Waals surface area contributed by atoms with Crippen molar-refractivity contribution < 1.29 is 0 Å². The van der Waals surface area contributed by atoms with Crippen LogP contribution in [-0.2, 0) is 6.54 Å². The molecule has 0 radical (unpaired) electrons. The number of hydrogen-bond acceptors (Lipinski definition) is 3. The van der Waals surface area contributed by atoms with Gasteiger partial charge in [0.25, 0.3) is 0 Å². The third-order valence-corrected chi connectivity index (χ3v) is 4.70. The molecule has 1 aromatic heterocycles. The molecule has 1 aromatic rings. The lowest BCUT2D eigenvalue weighted by Crippen LogP contribution is -2.23. The molecular weight excluding hydrogens is 236 g/mol. The lowest BCUT2D eigenvalue weighted by molar-refractivity contribution is 0.302. The van der Waals surface area contributed by atoms with Gasteiger partial charge in [-0.25, -0.2) is 0 Å². The third-order valence-electron chi connectivity index (χ3n) is 4.70. The molecule has 106 valence electrons. The molecule has 3 rings (SSSR count). The van der Waals surface area contributed by atoms with Crippen molar-refractivity contribution in [2.24, 2.45) is 11.7 Å². The zero-order valence-electron chi connectivity index (χ0n) is 11.8. The third kappa shape index (κ3) is 3.18. The van der Waals surface area contributed by atoms with Crippen LogP contribution in [0.25, 0.3) is 0 Å². The second-order valence-electron chi connectivity index (χ2n) is 6.20. The van der Waals surface area contributed by atoms with Gasteiger partial charge in [-0.3, -0.25) is 9.58 Å². The van der Waals surface area contributed by atoms with Crippen molar-refractivity contribution in [3.8, 4) is 0 Å². The highest BCUT2D eigenvalue weighted by Gasteiger charge is 2.22. The zero-order chi connectivity index (χ0) is 13.1. The Morgan fingerprint density at radius 1 is 1.21 bits per heavy atom. The van der Waals surface area contributed by atoms with Gasteiger partial charge in [0.2, 0.25) is 0 Å². The van der Waals surface area contributed by atoms with E-state index in [1.165, 1.54) is 50.8 Å². The van der Waals surface area contributed by atoms with Crippen LogP contribution in [0.1, 0.15) is 50.3 Å². The van der Waals surface area contributed by atoms with Crippen LogP contribution in [0, 0.1) is 5.92 Å². The van der Waals surface area contributed by atoms with Gasteiger partial charge in [-0.2, -0.15) is 5.10 Å². The largest absolute Gasteiger partial charge is 0.330 e. The van der Waals surface area contributed by atoms with Crippen molar-refractivity contribution in [1.82, 2.24) is 14.7 Å². The summed E-state index contributed by atoms with van der Waals surface area (Å²) in [6.07, 6.45) is 10.2. The van der Waals surface area contributed by atoms with Crippen LogP contribution in [-0.4, -0.2) is 34.3 Å². The maximum atomic E-state index is 5.74. The fourth-order valence-corrected chi connectivity index (χ4v) is 3.49. The van der Waals surface area contributed by atoms with Gasteiger partial charge < -0.3 is 5.73 Å². The Morgan fingerprint density at radius 2 is 2.05 bits per heavy atom. The maximum Gasteiger partial charge on any atom is 0.0764 e. The summed E-state index contributed by atoms with van der Waals surface area (Å²) in [4.78, 5) is 2.49. The van der Waals surface area contributed by atoms with Crippen molar-refractivity contribution in [3.05, 3.63) is 18.0 Å². The molecule has 19 heavy (non-hydrogen) atoms. The fourth-order valence-electron chi connectivity index (χ4n) is 3.49. The smallest absolute Gasteiger partial charge is 0.0764 e. The Morgan fingerprint density at radius 3 is 2.79 bits per heavy atom. The molecule has 2 heterocycles. The van der Waals surface area contributed by atoms with E-state index in [9.17, 15) is 0 Å². The van der Waals surface area contributed by atoms with E-state index in [1.54, 1.807) is 0 Å². The topological polar surface area (TPSA) is 47.1 Å². The molecule has 2 aliphatic rings. The molecule has 4 heteroatoms. The van der Waals surface area contributed by atoms with E-state index in [1.807, 2.05) is 0 Å². The molecule has 1 aliphatic carbocycles. The highest BCUT2D eigenvalue weighted by Crippen LogP contribution is 2.27. The highest BCUT2D eigenvalue weighted by atomic mass is 15.3. The van der Waals surface area contributed by atoms with Crippen LogP contribution in [0.4, 0.5) is 0 Å². The van der Waals surface area contributed by atoms with Gasteiger partial charge in [0.05, 0.1) is 11.7 Å². The lowest BCUT2D eigenvalue weighted by Gasteiger charge is -2.22. The highest BCUT2D eigenvalue weighted by molar-refractivity contribution is 5.00. The number of nitrogens with two attached hydrogens (primary N) is 1. The molecule has 1 saturated carbocycles. The first kappa shape index (κ1) is 13.1. The summed E-state index contributed by atoms with van der Waals surface area (Å²) in [6.45, 7) is 4.15. The molecule has 0 amide bonds. The van der Waals surface area contributed by atoms with Gasteiger partial charge in [0, 0.05) is 19.3 Å². The SMILES string of the molecule is NCC1CCN(Cc2ccn(C3CCCCC3)n2)C1. The number of aromatic nitrogens is 2. The van der Waals surface area contributed by atoms with Crippen LogP contribution in [0.15, 0.2) is 12.3 Å². The monoisotopic (exact) mass is 262 g/mol. The van der Waals surface area contributed by atoms with Gasteiger partial charge in [-0.1, -0.05) is 19.3 Å². The summed E-state index contributed by atoms with van der Waals surface area (Å²) in [5, 5.41) is 4.79. The van der Waals surface area contributed by atoms with E-state index in [-0.39, 0.29) is 0 Å². The lowest BCUT2D eigenvalue weighted by atomic mass is 9.96. The van der Waals surface area contributed by atoms with E-state index in [0.717, 1.165) is 19.6 Å². The van der Waals surface area contributed by atoms with E-state index < -0.39 is 0 Å². The van der Waals surface area contributed by atoms with Gasteiger partial charge in [0.15, 0.2) is 0 Å². The first-order chi connectivity index (χ1) is 9.35. The van der Waals surface area contributed by atoms with E-state index in [4.69, 9.17) is 10.8 Å². The van der Waals surface area contributed by atoms with E-state index >= 15 is 0 Å². The summed E-state index contributed by atoms with van der Waals surface area (Å²) >= 11 is 0. The molecule has 1 unspecified atom stereocenters. The molecule has 2 N–H and O–H groups in total. The van der Waals surface area contributed by atoms with Gasteiger partial charge >= 0.3 is 0 Å². The quantitative estimate of drug-likeness (QED) is 0.904. The standard InChI is InChI=1S/C15H26N4/c16-10-13-6-8-18(11-13)12-14-7-9-19(17-14)15-4-2-1-3-5-15/h7,9,13,15H,1-6,8,10-12,16H2. The number of rotatable bonds is 4. The second-order valence-corrected chi connectivity index (χ2v) is 6.20. The number of nitrogens with zero attached hydrogens (tertiary/aromatic N) is 3. The zero-order valence-corrected chi connectivity index (χ0v) is 11.8. The molecule has 1 atom stereocenters. The molecule has 1 saturated heterocycles. The van der Waals surface area contributed by atoms with Gasteiger partial charge in [-0.05, 0) is 44.3 Å². The maximum absolute atomic E-state index is 5.74. The summed E-state index contributed by atoms with van der Waals surface area (Å²) in [5.74, 6) is 0.695. The summed E-state index contributed by atoms with van der Waals surface area (Å²) < 4.78 is 2.21. The van der Waals surface area contributed by atoms with Crippen LogP contribution in [0.5, 0.6) is 0 Å². The molecule has 4 nitrogen and oxygen atoms in total. The van der Waals surface area contributed by atoms with Crippen molar-refractivity contribution in [2.75, 3.05) is 19.6 Å². The van der Waals surface area contributed by atoms with Crippen molar-refractivity contribution >= 4 is 0 Å². The van der Waals surface area contributed by atoms with E-state index in [2.05, 4.69) is 21.8 Å². The first-order valence-electron chi connectivity index (χ1n) is 7.81. The Labute approximate surface area is 116 Å². The predicted molar refractivity (Wildman–Crippen MR) is 76.8 cm³/mol. The first-order valence-corrected chi connectivity index (χ1v) is 7.81. The van der Waals surface area contributed by atoms with Crippen LogP contribution < -0.4 is 5.73 Å². The minimum atomic E-state index is 0.651. The molecule has 0 aromatic carbocycles. The number of hydrogen-bond donors (Lipinski definition) is 1. The molecule has 1 aliphatic heterocycles. The number of likely N-dealkylation sites (tertiary alicyclic amines) is 1. The van der Waals surface area contributed by atoms with Crippen LogP contribution >= 0.6 is 0 Å². The minimum Gasteiger partial charge on any atom is -0.330 e. The van der Waals surface area contributed by atoms with Crippen molar-refractivity contribution in [3.63, 3.8) is 0 Å². The molecule has 0 spiro atoms. The predicted octanol–water partition coefficient (Wildman–Crippen LogP) is 2.17. The molecule has 0 bridgehead atoms. The van der Waals surface area contributed by atoms with Crippen LogP contribution in [0.3, 0.4) is 0 Å². The normalized spacial score (nSPS) is 26.1. The Balaban J connectivity index is 1.56. The van der Waals surface area contributed by atoms with Gasteiger partial charge in [-0.15, -0.1) is 0 Å². The summed E-state index contributed by atoms with van der Waals surface area (Å²) in [5.41, 5.74) is 6.97. The van der Waals surface area contributed by atoms with Gasteiger partial charge in [0.1, 0.15) is 0 Å². The van der Waals surface area contributed by atoms with Crippen molar-refractivity contribution in [2.45, 2.75) is 51.1 Å². The summed E-state index contributed by atoms with van der Waals surface area (Å²) in [6, 6.07) is 2.85. The Bertz CT molecular complexity index is 395. The van der Waals surface area contributed by atoms with Crippen LogP contribution in [0.2, 0.25) is 0 Å². The average molecular weight is 262 g/mol. The Kier molecular flexibility index (Phi) is 4.18. The molecule has 2 fully saturated rings. The Hall–Kier alpha value is -0.870. The summed E-state index contributed by atoms with van der Waals surface area (Å²) in [7, 11) is 0. The minimum absolute atomic E-state index is 0.651.